The first kappa shape index (κ1) is 11.4. The zero-order valence-corrected chi connectivity index (χ0v) is 7.88. The summed E-state index contributed by atoms with van der Waals surface area (Å²) in [5.74, 6) is 0. The first-order valence-corrected chi connectivity index (χ1v) is 4.18. The van der Waals surface area contributed by atoms with Crippen molar-refractivity contribution in [3.05, 3.63) is 23.8 Å². The van der Waals surface area contributed by atoms with Crippen LogP contribution < -0.4 is 0 Å². The zero-order valence-electron chi connectivity index (χ0n) is 7.88. The van der Waals surface area contributed by atoms with E-state index in [1.807, 2.05) is 19.9 Å². The maximum absolute atomic E-state index is 9.32. The third kappa shape index (κ3) is 5.10. The molecule has 0 aliphatic rings. The summed E-state index contributed by atoms with van der Waals surface area (Å²) in [4.78, 5) is 0. The van der Waals surface area contributed by atoms with Gasteiger partial charge < -0.3 is 10.2 Å². The maximum Gasteiger partial charge on any atom is 0.0747 e. The van der Waals surface area contributed by atoms with Crippen LogP contribution in [0.2, 0.25) is 0 Å². The van der Waals surface area contributed by atoms with Gasteiger partial charge >= 0.3 is 0 Å². The Morgan fingerprint density at radius 1 is 1.50 bits per heavy atom. The van der Waals surface area contributed by atoms with E-state index in [-0.39, 0.29) is 6.61 Å². The van der Waals surface area contributed by atoms with Gasteiger partial charge in [-0.25, -0.2) is 0 Å². The van der Waals surface area contributed by atoms with E-state index < -0.39 is 6.10 Å². The van der Waals surface area contributed by atoms with Gasteiger partial charge in [-0.2, -0.15) is 0 Å². The average molecular weight is 170 g/mol. The Labute approximate surface area is 74.2 Å². The predicted molar refractivity (Wildman–Crippen MR) is 50.9 cm³/mol. The van der Waals surface area contributed by atoms with Gasteiger partial charge in [0.2, 0.25) is 0 Å². The topological polar surface area (TPSA) is 40.5 Å². The average Bonchev–Trinajstić information content (AvgIpc) is 2.03. The van der Waals surface area contributed by atoms with Crippen molar-refractivity contribution in [2.75, 3.05) is 6.61 Å². The zero-order chi connectivity index (χ0) is 9.56. The molecule has 2 N–H and O–H groups in total. The molecule has 2 heteroatoms. The molecule has 0 aromatic rings. The molecular weight excluding hydrogens is 152 g/mol. The third-order valence-electron chi connectivity index (χ3n) is 1.75. The molecule has 0 saturated carbocycles. The van der Waals surface area contributed by atoms with Crippen LogP contribution in [0.15, 0.2) is 23.8 Å². The van der Waals surface area contributed by atoms with Gasteiger partial charge in [-0.15, -0.1) is 0 Å². The number of hydrogen-bond donors (Lipinski definition) is 2. The second-order valence-corrected chi connectivity index (χ2v) is 3.15. The molecule has 0 rings (SSSR count). The van der Waals surface area contributed by atoms with Crippen LogP contribution in [-0.4, -0.2) is 22.9 Å². The second kappa shape index (κ2) is 5.98. The summed E-state index contributed by atoms with van der Waals surface area (Å²) in [6.45, 7) is 7.43. The molecule has 0 aliphatic carbocycles. The summed E-state index contributed by atoms with van der Waals surface area (Å²) in [7, 11) is 0. The van der Waals surface area contributed by atoms with Crippen LogP contribution in [0.1, 0.15) is 26.7 Å². The molecule has 0 bridgehead atoms. The molecule has 0 fully saturated rings. The SMILES string of the molecule is C=C(C)C(O)CCC=C(C)CO. The quantitative estimate of drug-likeness (QED) is 0.616. The van der Waals surface area contributed by atoms with Crippen LogP contribution in [-0.2, 0) is 0 Å². The van der Waals surface area contributed by atoms with Gasteiger partial charge in [-0.3, -0.25) is 0 Å². The monoisotopic (exact) mass is 170 g/mol. The number of hydrogen-bond acceptors (Lipinski definition) is 2. The number of allylic oxidation sites excluding steroid dienone is 1. The van der Waals surface area contributed by atoms with E-state index in [1.54, 1.807) is 0 Å². The Bertz CT molecular complexity index is 171. The van der Waals surface area contributed by atoms with Crippen molar-refractivity contribution in [2.45, 2.75) is 32.8 Å². The highest BCUT2D eigenvalue weighted by atomic mass is 16.3. The van der Waals surface area contributed by atoms with E-state index in [1.165, 1.54) is 0 Å². The van der Waals surface area contributed by atoms with Crippen LogP contribution >= 0.6 is 0 Å². The maximum atomic E-state index is 9.32. The van der Waals surface area contributed by atoms with Gasteiger partial charge in [0.1, 0.15) is 0 Å². The third-order valence-corrected chi connectivity index (χ3v) is 1.75. The molecule has 0 heterocycles. The van der Waals surface area contributed by atoms with Crippen LogP contribution in [0.5, 0.6) is 0 Å². The molecule has 0 aromatic heterocycles. The van der Waals surface area contributed by atoms with Crippen molar-refractivity contribution >= 4 is 0 Å². The van der Waals surface area contributed by atoms with Crippen molar-refractivity contribution in [2.24, 2.45) is 0 Å². The number of aliphatic hydroxyl groups is 2. The first-order valence-electron chi connectivity index (χ1n) is 4.18. The van der Waals surface area contributed by atoms with Crippen molar-refractivity contribution in [1.82, 2.24) is 0 Å². The summed E-state index contributed by atoms with van der Waals surface area (Å²) in [6.07, 6.45) is 3.01. The molecule has 0 spiro atoms. The summed E-state index contributed by atoms with van der Waals surface area (Å²) >= 11 is 0. The Morgan fingerprint density at radius 2 is 2.08 bits per heavy atom. The Balaban J connectivity index is 3.62. The van der Waals surface area contributed by atoms with E-state index in [4.69, 9.17) is 5.11 Å². The molecule has 1 atom stereocenters. The van der Waals surface area contributed by atoms with Gasteiger partial charge in [0, 0.05) is 0 Å². The minimum absolute atomic E-state index is 0.100. The Hall–Kier alpha value is -0.600. The highest BCUT2D eigenvalue weighted by Crippen LogP contribution is 2.07. The van der Waals surface area contributed by atoms with Gasteiger partial charge in [-0.1, -0.05) is 23.8 Å². The minimum atomic E-state index is -0.409. The molecule has 1 unspecified atom stereocenters. The second-order valence-electron chi connectivity index (χ2n) is 3.15. The van der Waals surface area contributed by atoms with E-state index in [0.717, 1.165) is 17.6 Å². The lowest BCUT2D eigenvalue weighted by Crippen LogP contribution is -2.06. The molecule has 0 aliphatic heterocycles. The smallest absolute Gasteiger partial charge is 0.0747 e. The fourth-order valence-corrected chi connectivity index (χ4v) is 0.799. The molecule has 0 radical (unpaired) electrons. The highest BCUT2D eigenvalue weighted by molar-refractivity contribution is 5.01. The van der Waals surface area contributed by atoms with E-state index in [0.29, 0.717) is 6.42 Å². The molecule has 0 saturated heterocycles. The van der Waals surface area contributed by atoms with Crippen molar-refractivity contribution < 1.29 is 10.2 Å². The highest BCUT2D eigenvalue weighted by Gasteiger charge is 2.01. The summed E-state index contributed by atoms with van der Waals surface area (Å²) < 4.78 is 0. The number of aliphatic hydroxyl groups excluding tert-OH is 2. The molecule has 2 nitrogen and oxygen atoms in total. The van der Waals surface area contributed by atoms with Crippen LogP contribution in [0, 0.1) is 0 Å². The predicted octanol–water partition coefficient (Wildman–Crippen LogP) is 1.64. The minimum Gasteiger partial charge on any atom is -0.392 e. The molecule has 0 aromatic carbocycles. The molecule has 0 amide bonds. The summed E-state index contributed by atoms with van der Waals surface area (Å²) in [6, 6.07) is 0. The summed E-state index contributed by atoms with van der Waals surface area (Å²) in [5, 5.41) is 18.0. The molecule has 12 heavy (non-hydrogen) atoms. The fourth-order valence-electron chi connectivity index (χ4n) is 0.799. The van der Waals surface area contributed by atoms with Crippen LogP contribution in [0.4, 0.5) is 0 Å². The fraction of sp³-hybridized carbons (Fsp3) is 0.600. The van der Waals surface area contributed by atoms with E-state index >= 15 is 0 Å². The van der Waals surface area contributed by atoms with E-state index in [2.05, 4.69) is 6.58 Å². The standard InChI is InChI=1S/C10H18O2/c1-8(2)10(12)6-4-5-9(3)7-11/h5,10-12H,1,4,6-7H2,2-3H3. The van der Waals surface area contributed by atoms with Gasteiger partial charge in [-0.05, 0) is 26.7 Å². The van der Waals surface area contributed by atoms with Crippen LogP contribution in [0.3, 0.4) is 0 Å². The lowest BCUT2D eigenvalue weighted by Gasteiger charge is -2.07. The summed E-state index contributed by atoms with van der Waals surface area (Å²) in [5.41, 5.74) is 1.74. The Kier molecular flexibility index (Phi) is 5.68. The molecular formula is C10H18O2. The van der Waals surface area contributed by atoms with Gasteiger partial charge in [0.25, 0.3) is 0 Å². The first-order chi connectivity index (χ1) is 5.57. The van der Waals surface area contributed by atoms with Gasteiger partial charge in [0.15, 0.2) is 0 Å². The largest absolute Gasteiger partial charge is 0.392 e. The normalized spacial score (nSPS) is 14.5. The van der Waals surface area contributed by atoms with Crippen molar-refractivity contribution in [3.63, 3.8) is 0 Å². The Morgan fingerprint density at radius 3 is 2.50 bits per heavy atom. The van der Waals surface area contributed by atoms with Crippen molar-refractivity contribution in [1.29, 1.82) is 0 Å². The van der Waals surface area contributed by atoms with Gasteiger partial charge in [0.05, 0.1) is 12.7 Å². The van der Waals surface area contributed by atoms with E-state index in [9.17, 15) is 5.11 Å². The molecule has 70 valence electrons. The lowest BCUT2D eigenvalue weighted by molar-refractivity contribution is 0.202. The lowest BCUT2D eigenvalue weighted by atomic mass is 10.1. The number of rotatable bonds is 5. The van der Waals surface area contributed by atoms with Crippen LogP contribution in [0.25, 0.3) is 0 Å². The van der Waals surface area contributed by atoms with Crippen molar-refractivity contribution in [3.8, 4) is 0 Å².